The highest BCUT2D eigenvalue weighted by molar-refractivity contribution is 9.10. The maximum Gasteiger partial charge on any atom is 0.156 e. The average molecular weight is 326 g/mol. The predicted octanol–water partition coefficient (Wildman–Crippen LogP) is 4.56. The van der Waals surface area contributed by atoms with E-state index >= 15 is 0 Å². The van der Waals surface area contributed by atoms with Gasteiger partial charge in [-0.2, -0.15) is 0 Å². The number of nitrogens with zero attached hydrogens (tertiary/aromatic N) is 2. The Kier molecular flexibility index (Phi) is 2.84. The molecule has 1 aromatic carbocycles. The van der Waals surface area contributed by atoms with Gasteiger partial charge in [-0.3, -0.25) is 4.40 Å². The minimum absolute atomic E-state index is 0.292. The van der Waals surface area contributed by atoms with Gasteiger partial charge in [0.05, 0.1) is 16.9 Å². The van der Waals surface area contributed by atoms with E-state index in [0.29, 0.717) is 21.9 Å². The van der Waals surface area contributed by atoms with Crippen molar-refractivity contribution in [3.8, 4) is 11.3 Å². The largest absolute Gasteiger partial charge is 0.298 e. The molecular weight excluding hydrogens is 319 g/mol. The number of fused-ring (bicyclic) bond motifs is 1. The van der Waals surface area contributed by atoms with Crippen LogP contribution in [0.15, 0.2) is 47.2 Å². The van der Waals surface area contributed by atoms with Gasteiger partial charge in [0, 0.05) is 16.2 Å². The molecule has 0 aliphatic carbocycles. The standard InChI is InChI=1S/C13H7BrClFN2/c14-8-3-4-11(16)9(6-8)12-7-17-13-10(15)2-1-5-18(12)13/h1-7H. The molecule has 0 N–H and O–H groups in total. The van der Waals surface area contributed by atoms with Crippen molar-refractivity contribution in [3.05, 3.63) is 58.0 Å². The summed E-state index contributed by atoms with van der Waals surface area (Å²) in [6.45, 7) is 0. The third kappa shape index (κ3) is 1.82. The van der Waals surface area contributed by atoms with Crippen molar-refractivity contribution in [1.82, 2.24) is 9.38 Å². The van der Waals surface area contributed by atoms with Crippen molar-refractivity contribution in [2.75, 3.05) is 0 Å². The van der Waals surface area contributed by atoms with Crippen molar-refractivity contribution in [2.24, 2.45) is 0 Å². The normalized spacial score (nSPS) is 11.1. The quantitative estimate of drug-likeness (QED) is 0.641. The molecule has 0 radical (unpaired) electrons. The third-order valence-corrected chi connectivity index (χ3v) is 3.48. The SMILES string of the molecule is Fc1ccc(Br)cc1-c1cnc2c(Cl)cccn12. The van der Waals surface area contributed by atoms with Crippen LogP contribution in [-0.4, -0.2) is 9.38 Å². The topological polar surface area (TPSA) is 17.3 Å². The summed E-state index contributed by atoms with van der Waals surface area (Å²) in [5, 5.41) is 0.541. The van der Waals surface area contributed by atoms with E-state index in [9.17, 15) is 4.39 Å². The number of pyridine rings is 1. The van der Waals surface area contributed by atoms with E-state index in [1.807, 2.05) is 6.20 Å². The molecule has 2 nitrogen and oxygen atoms in total. The van der Waals surface area contributed by atoms with Crippen LogP contribution in [0.4, 0.5) is 4.39 Å². The molecule has 18 heavy (non-hydrogen) atoms. The summed E-state index contributed by atoms with van der Waals surface area (Å²) in [6.07, 6.45) is 3.43. The molecule has 0 aliphatic rings. The maximum atomic E-state index is 13.9. The van der Waals surface area contributed by atoms with E-state index in [1.54, 1.807) is 34.9 Å². The predicted molar refractivity (Wildman–Crippen MR) is 73.3 cm³/mol. The van der Waals surface area contributed by atoms with Crippen LogP contribution >= 0.6 is 27.5 Å². The maximum absolute atomic E-state index is 13.9. The molecule has 0 fully saturated rings. The van der Waals surface area contributed by atoms with E-state index in [2.05, 4.69) is 20.9 Å². The molecule has 0 unspecified atom stereocenters. The molecule has 2 heterocycles. The summed E-state index contributed by atoms with van der Waals surface area (Å²) < 4.78 is 16.5. The van der Waals surface area contributed by atoms with Crippen LogP contribution in [0.1, 0.15) is 0 Å². The minimum Gasteiger partial charge on any atom is -0.298 e. The lowest BCUT2D eigenvalue weighted by molar-refractivity contribution is 0.630. The van der Waals surface area contributed by atoms with Gasteiger partial charge in [-0.1, -0.05) is 27.5 Å². The molecule has 90 valence electrons. The van der Waals surface area contributed by atoms with Gasteiger partial charge in [0.25, 0.3) is 0 Å². The van der Waals surface area contributed by atoms with Crippen molar-refractivity contribution in [1.29, 1.82) is 0 Å². The summed E-state index contributed by atoms with van der Waals surface area (Å²) in [6, 6.07) is 8.36. The third-order valence-electron chi connectivity index (χ3n) is 2.69. The Morgan fingerprint density at radius 3 is 2.94 bits per heavy atom. The lowest BCUT2D eigenvalue weighted by Gasteiger charge is -2.04. The first-order valence-electron chi connectivity index (χ1n) is 5.24. The van der Waals surface area contributed by atoms with Gasteiger partial charge in [0.15, 0.2) is 5.65 Å². The molecule has 0 bridgehead atoms. The van der Waals surface area contributed by atoms with E-state index in [1.165, 1.54) is 6.07 Å². The molecule has 0 spiro atoms. The lowest BCUT2D eigenvalue weighted by Crippen LogP contribution is -1.91. The van der Waals surface area contributed by atoms with Gasteiger partial charge in [-0.15, -0.1) is 0 Å². The number of rotatable bonds is 1. The van der Waals surface area contributed by atoms with Crippen molar-refractivity contribution in [3.63, 3.8) is 0 Å². The van der Waals surface area contributed by atoms with E-state index < -0.39 is 0 Å². The molecule has 0 amide bonds. The van der Waals surface area contributed by atoms with Gasteiger partial charge in [0.1, 0.15) is 5.82 Å². The van der Waals surface area contributed by atoms with Crippen molar-refractivity contribution >= 4 is 33.2 Å². The van der Waals surface area contributed by atoms with Gasteiger partial charge in [-0.05, 0) is 30.3 Å². The second kappa shape index (κ2) is 4.37. The van der Waals surface area contributed by atoms with Crippen LogP contribution in [0.3, 0.4) is 0 Å². The summed E-state index contributed by atoms with van der Waals surface area (Å²) in [4.78, 5) is 4.21. The first-order chi connectivity index (χ1) is 8.66. The first-order valence-corrected chi connectivity index (χ1v) is 6.41. The number of benzene rings is 1. The molecule has 0 atom stereocenters. The molecule has 0 saturated heterocycles. The molecule has 0 aliphatic heterocycles. The Morgan fingerprint density at radius 1 is 1.28 bits per heavy atom. The Hall–Kier alpha value is -1.39. The summed E-state index contributed by atoms with van der Waals surface area (Å²) in [7, 11) is 0. The number of aromatic nitrogens is 2. The van der Waals surface area contributed by atoms with Crippen LogP contribution in [0, 0.1) is 5.82 Å². The summed E-state index contributed by atoms with van der Waals surface area (Å²) in [5.41, 5.74) is 1.78. The van der Waals surface area contributed by atoms with Gasteiger partial charge >= 0.3 is 0 Å². The van der Waals surface area contributed by atoms with E-state index in [4.69, 9.17) is 11.6 Å². The molecule has 3 aromatic rings. The van der Waals surface area contributed by atoms with Crippen molar-refractivity contribution < 1.29 is 4.39 Å². The molecule has 5 heteroatoms. The first kappa shape index (κ1) is 11.7. The fourth-order valence-electron chi connectivity index (χ4n) is 1.87. The Labute approximate surface area is 116 Å². The Bertz CT molecular complexity index is 739. The van der Waals surface area contributed by atoms with Crippen LogP contribution in [0.25, 0.3) is 16.9 Å². The second-order valence-corrected chi connectivity index (χ2v) is 5.14. The number of hydrogen-bond donors (Lipinski definition) is 0. The summed E-state index contributed by atoms with van der Waals surface area (Å²) >= 11 is 9.38. The zero-order valence-corrected chi connectivity index (χ0v) is 11.4. The van der Waals surface area contributed by atoms with Gasteiger partial charge in [-0.25, -0.2) is 9.37 Å². The van der Waals surface area contributed by atoms with Crippen molar-refractivity contribution in [2.45, 2.75) is 0 Å². The van der Waals surface area contributed by atoms with Crippen LogP contribution < -0.4 is 0 Å². The Balaban J connectivity index is 2.32. The molecule has 3 rings (SSSR count). The molecule has 0 saturated carbocycles. The average Bonchev–Trinajstić information content (AvgIpc) is 2.77. The number of hydrogen-bond acceptors (Lipinski definition) is 1. The van der Waals surface area contributed by atoms with Gasteiger partial charge < -0.3 is 0 Å². The lowest BCUT2D eigenvalue weighted by atomic mass is 10.1. The highest BCUT2D eigenvalue weighted by Crippen LogP contribution is 2.28. The zero-order valence-electron chi connectivity index (χ0n) is 9.07. The van der Waals surface area contributed by atoms with Crippen LogP contribution in [0.5, 0.6) is 0 Å². The molecule has 2 aromatic heterocycles. The highest BCUT2D eigenvalue weighted by atomic mass is 79.9. The number of halogens is 3. The minimum atomic E-state index is -0.292. The monoisotopic (exact) mass is 324 g/mol. The highest BCUT2D eigenvalue weighted by Gasteiger charge is 2.12. The van der Waals surface area contributed by atoms with E-state index in [-0.39, 0.29) is 5.82 Å². The second-order valence-electron chi connectivity index (χ2n) is 3.82. The van der Waals surface area contributed by atoms with E-state index in [0.717, 1.165) is 4.47 Å². The fourth-order valence-corrected chi connectivity index (χ4v) is 2.44. The smallest absolute Gasteiger partial charge is 0.156 e. The van der Waals surface area contributed by atoms with Crippen LogP contribution in [0.2, 0.25) is 5.02 Å². The molecular formula is C13H7BrClFN2. The number of imidazole rings is 1. The van der Waals surface area contributed by atoms with Gasteiger partial charge in [0.2, 0.25) is 0 Å². The summed E-state index contributed by atoms with van der Waals surface area (Å²) in [5.74, 6) is -0.292. The zero-order chi connectivity index (χ0) is 12.7. The fraction of sp³-hybridized carbons (Fsp3) is 0. The Morgan fingerprint density at radius 2 is 2.11 bits per heavy atom. The van der Waals surface area contributed by atoms with Crippen LogP contribution in [-0.2, 0) is 0 Å².